The van der Waals surface area contributed by atoms with E-state index < -0.39 is 57.6 Å². The molecule has 0 spiro atoms. The fourth-order valence-corrected chi connectivity index (χ4v) is 5.41. The first-order valence-electron chi connectivity index (χ1n) is 18.8. The number of ether oxygens (including phenoxy) is 1. The fraction of sp³-hybridized carbons (Fsp3) is 0.667. The maximum atomic E-state index is 12.2. The van der Waals surface area contributed by atoms with Crippen molar-refractivity contribution in [2.24, 2.45) is 0 Å². The second-order valence-corrected chi connectivity index (χ2v) is 13.8. The number of nitrogens with one attached hydrogen (secondary N) is 1. The van der Waals surface area contributed by atoms with E-state index in [1.54, 1.807) is 0 Å². The molecule has 3 atom stereocenters. The smallest absolute Gasteiger partial charge is 0.472 e. The van der Waals surface area contributed by atoms with Crippen molar-refractivity contribution in [1.29, 1.82) is 0 Å². The minimum Gasteiger partial charge on any atom is -0.480 e. The van der Waals surface area contributed by atoms with E-state index in [1.807, 2.05) is 0 Å². The van der Waals surface area contributed by atoms with Crippen molar-refractivity contribution >= 4 is 25.7 Å². The number of carbonyl (C=O) groups excluding carboxylic acids is 2. The Hall–Kier alpha value is -2.82. The summed E-state index contributed by atoms with van der Waals surface area (Å²) >= 11 is 0. The summed E-state index contributed by atoms with van der Waals surface area (Å²) in [7, 11) is -4.75. The van der Waals surface area contributed by atoms with Crippen molar-refractivity contribution in [3.05, 3.63) is 60.8 Å². The van der Waals surface area contributed by atoms with Gasteiger partial charge in [-0.15, -0.1) is 0 Å². The molecule has 0 fully saturated rings. The number of carbonyl (C=O) groups is 3. The summed E-state index contributed by atoms with van der Waals surface area (Å²) in [5.41, 5.74) is 0. The summed E-state index contributed by atoms with van der Waals surface area (Å²) in [5, 5.41) is 21.7. The third-order valence-electron chi connectivity index (χ3n) is 7.57. The number of amides is 1. The van der Waals surface area contributed by atoms with Gasteiger partial charge in [0.05, 0.1) is 13.2 Å². The lowest BCUT2D eigenvalue weighted by Gasteiger charge is -2.18. The molecule has 11 nitrogen and oxygen atoms in total. The normalized spacial score (nSPS) is 14.6. The zero-order valence-corrected chi connectivity index (χ0v) is 32.0. The van der Waals surface area contributed by atoms with Crippen LogP contribution in [0.25, 0.3) is 0 Å². The third kappa shape index (κ3) is 34.1. The van der Waals surface area contributed by atoms with Crippen LogP contribution in [0.4, 0.5) is 0 Å². The molecular formula is C39H66NO10P. The van der Waals surface area contributed by atoms with Gasteiger partial charge in [0.25, 0.3) is 0 Å². The molecule has 0 aliphatic rings. The Balaban J connectivity index is 3.99. The van der Waals surface area contributed by atoms with Gasteiger partial charge in [0.2, 0.25) is 5.91 Å². The fourth-order valence-electron chi connectivity index (χ4n) is 4.63. The zero-order valence-electron chi connectivity index (χ0n) is 31.1. The van der Waals surface area contributed by atoms with Crippen LogP contribution in [-0.2, 0) is 32.7 Å². The highest BCUT2D eigenvalue weighted by Gasteiger charge is 2.28. The van der Waals surface area contributed by atoms with E-state index in [0.29, 0.717) is 12.8 Å². The van der Waals surface area contributed by atoms with Crippen molar-refractivity contribution < 1.29 is 47.8 Å². The largest absolute Gasteiger partial charge is 0.480 e. The number of carboxylic acids is 1. The lowest BCUT2D eigenvalue weighted by molar-refractivity contribution is -0.147. The van der Waals surface area contributed by atoms with E-state index in [0.717, 1.165) is 77.0 Å². The predicted octanol–water partition coefficient (Wildman–Crippen LogP) is 8.83. The summed E-state index contributed by atoms with van der Waals surface area (Å²) in [4.78, 5) is 45.5. The maximum absolute atomic E-state index is 12.2. The SMILES string of the molecule is CC/C=C\C/C=C\C/C=C\C/C=C\C/C=C\CCCCCC(=O)OCC(O)COP(=O)(O)OCC(NC(=O)CCCCCCCCCC)C(=O)O. The molecule has 0 heterocycles. The van der Waals surface area contributed by atoms with Gasteiger partial charge in [0.1, 0.15) is 12.7 Å². The number of hydrogen-bond acceptors (Lipinski definition) is 8. The third-order valence-corrected chi connectivity index (χ3v) is 8.52. The van der Waals surface area contributed by atoms with E-state index in [1.165, 1.54) is 19.3 Å². The molecular weight excluding hydrogens is 673 g/mol. The highest BCUT2D eigenvalue weighted by atomic mass is 31.2. The van der Waals surface area contributed by atoms with Gasteiger partial charge in [-0.25, -0.2) is 9.36 Å². The number of aliphatic hydroxyl groups excluding tert-OH is 1. The number of unbranched alkanes of at least 4 members (excludes halogenated alkanes) is 10. The molecule has 0 aliphatic carbocycles. The van der Waals surface area contributed by atoms with Crippen LogP contribution in [0.15, 0.2) is 60.8 Å². The van der Waals surface area contributed by atoms with Crippen molar-refractivity contribution in [1.82, 2.24) is 5.32 Å². The first kappa shape index (κ1) is 48.2. The Morgan fingerprint density at radius 3 is 1.71 bits per heavy atom. The van der Waals surface area contributed by atoms with E-state index in [-0.39, 0.29) is 12.8 Å². The highest BCUT2D eigenvalue weighted by molar-refractivity contribution is 7.47. The average molecular weight is 740 g/mol. The van der Waals surface area contributed by atoms with Gasteiger partial charge in [-0.1, -0.05) is 126 Å². The van der Waals surface area contributed by atoms with Gasteiger partial charge in [0, 0.05) is 12.8 Å². The second kappa shape index (κ2) is 34.3. The molecule has 0 aromatic carbocycles. The van der Waals surface area contributed by atoms with Gasteiger partial charge < -0.3 is 25.2 Å². The number of rotatable bonds is 34. The Morgan fingerprint density at radius 1 is 0.647 bits per heavy atom. The van der Waals surface area contributed by atoms with Crippen molar-refractivity contribution in [3.63, 3.8) is 0 Å². The van der Waals surface area contributed by atoms with E-state index in [2.05, 4.69) is 79.9 Å². The molecule has 292 valence electrons. The number of aliphatic carboxylic acids is 1. The number of carboxylic acid groups (broad SMARTS) is 1. The molecule has 0 rings (SSSR count). The maximum Gasteiger partial charge on any atom is 0.472 e. The molecule has 3 unspecified atom stereocenters. The number of esters is 1. The summed E-state index contributed by atoms with van der Waals surface area (Å²) in [6.07, 6.45) is 37.0. The quantitative estimate of drug-likeness (QED) is 0.0217. The van der Waals surface area contributed by atoms with Crippen LogP contribution in [0, 0.1) is 0 Å². The van der Waals surface area contributed by atoms with Gasteiger partial charge in [0.15, 0.2) is 6.04 Å². The van der Waals surface area contributed by atoms with Crippen LogP contribution in [0.5, 0.6) is 0 Å². The molecule has 0 aromatic heterocycles. The lowest BCUT2D eigenvalue weighted by atomic mass is 10.1. The molecule has 0 saturated heterocycles. The van der Waals surface area contributed by atoms with Crippen LogP contribution in [0.3, 0.4) is 0 Å². The summed E-state index contributed by atoms with van der Waals surface area (Å²) in [5.74, 6) is -2.42. The first-order chi connectivity index (χ1) is 24.6. The van der Waals surface area contributed by atoms with E-state index >= 15 is 0 Å². The monoisotopic (exact) mass is 739 g/mol. The highest BCUT2D eigenvalue weighted by Crippen LogP contribution is 2.43. The van der Waals surface area contributed by atoms with E-state index in [4.69, 9.17) is 13.8 Å². The van der Waals surface area contributed by atoms with Crippen LogP contribution >= 0.6 is 7.82 Å². The molecule has 0 radical (unpaired) electrons. The zero-order chi connectivity index (χ0) is 37.8. The van der Waals surface area contributed by atoms with Crippen molar-refractivity contribution in [3.8, 4) is 0 Å². The van der Waals surface area contributed by atoms with Crippen LogP contribution in [0.2, 0.25) is 0 Å². The molecule has 0 aliphatic heterocycles. The minimum absolute atomic E-state index is 0.141. The van der Waals surface area contributed by atoms with Crippen LogP contribution < -0.4 is 5.32 Å². The Labute approximate surface area is 306 Å². The van der Waals surface area contributed by atoms with Crippen molar-refractivity contribution in [2.75, 3.05) is 19.8 Å². The number of phosphoric ester groups is 1. The lowest BCUT2D eigenvalue weighted by Crippen LogP contribution is -2.43. The summed E-state index contributed by atoms with van der Waals surface area (Å²) < 4.78 is 26.6. The molecule has 51 heavy (non-hydrogen) atoms. The van der Waals surface area contributed by atoms with Gasteiger partial charge >= 0.3 is 19.8 Å². The molecule has 0 bridgehead atoms. The molecule has 0 aromatic rings. The summed E-state index contributed by atoms with van der Waals surface area (Å²) in [6, 6.07) is -1.55. The Kier molecular flexibility index (Phi) is 32.4. The second-order valence-electron chi connectivity index (χ2n) is 12.4. The number of hydrogen-bond donors (Lipinski definition) is 4. The number of phosphoric acid groups is 1. The molecule has 12 heteroatoms. The van der Waals surface area contributed by atoms with Gasteiger partial charge in [-0.05, 0) is 57.8 Å². The van der Waals surface area contributed by atoms with Gasteiger partial charge in [-0.3, -0.25) is 18.6 Å². The number of allylic oxidation sites excluding steroid dienone is 10. The van der Waals surface area contributed by atoms with Crippen LogP contribution in [0.1, 0.15) is 136 Å². The van der Waals surface area contributed by atoms with E-state index in [9.17, 15) is 34.1 Å². The molecule has 1 amide bonds. The Morgan fingerprint density at radius 2 is 1.14 bits per heavy atom. The summed E-state index contributed by atoms with van der Waals surface area (Å²) in [6.45, 7) is 2.36. The standard InChI is InChI=1S/C39H66NO10P/c1-3-5-7-9-11-13-14-15-16-17-18-19-20-21-22-23-25-27-29-31-38(43)48-32-35(41)33-49-51(46,47)50-34-36(39(44)45)40-37(42)30-28-26-24-12-10-8-6-4-2/h5,7,11,13,15-16,18-19,21-22,35-36,41H,3-4,6,8-10,12,14,17,20,23-34H2,1-2H3,(H,40,42)(H,44,45)(H,46,47)/b7-5-,13-11-,16-15-,19-18-,22-21-. The van der Waals surface area contributed by atoms with Crippen molar-refractivity contribution in [2.45, 2.75) is 148 Å². The van der Waals surface area contributed by atoms with Crippen LogP contribution in [-0.4, -0.2) is 64.9 Å². The average Bonchev–Trinajstić information content (AvgIpc) is 3.10. The first-order valence-corrected chi connectivity index (χ1v) is 20.3. The van der Waals surface area contributed by atoms with Gasteiger partial charge in [-0.2, -0.15) is 0 Å². The minimum atomic E-state index is -4.75. The predicted molar refractivity (Wildman–Crippen MR) is 203 cm³/mol. The molecule has 4 N–H and O–H groups in total. The molecule has 0 saturated carbocycles. The topological polar surface area (TPSA) is 169 Å². The number of aliphatic hydroxyl groups is 1. The Bertz CT molecular complexity index is 1100.